The molecule has 0 radical (unpaired) electrons. The first-order valence-corrected chi connectivity index (χ1v) is 13.7. The van der Waals surface area contributed by atoms with Crippen molar-refractivity contribution in [3.05, 3.63) is 89.7 Å². The Morgan fingerprint density at radius 1 is 0.833 bits per heavy atom. The van der Waals surface area contributed by atoms with Gasteiger partial charge in [-0.3, -0.25) is 19.6 Å². The number of hydrogen-bond donors (Lipinski definition) is 1. The zero-order valence-electron chi connectivity index (χ0n) is 23.6. The molecule has 2 heterocycles. The van der Waals surface area contributed by atoms with E-state index in [-0.39, 0.29) is 24.9 Å². The number of benzene rings is 2. The first-order valence-electron chi connectivity index (χ1n) is 13.7. The molecule has 42 heavy (non-hydrogen) atoms. The highest BCUT2D eigenvalue weighted by atomic mass is 19.4. The van der Waals surface area contributed by atoms with E-state index >= 15 is 0 Å². The zero-order valence-corrected chi connectivity index (χ0v) is 23.6. The van der Waals surface area contributed by atoms with Gasteiger partial charge in [-0.05, 0) is 60.7 Å². The second kappa shape index (κ2) is 12.4. The van der Waals surface area contributed by atoms with Crippen LogP contribution in [0.25, 0.3) is 11.1 Å². The fourth-order valence-electron chi connectivity index (χ4n) is 5.11. The third kappa shape index (κ3) is 6.95. The molecule has 1 N–H and O–H groups in total. The molecule has 1 saturated heterocycles. The molecule has 1 aromatic heterocycles. The van der Waals surface area contributed by atoms with E-state index in [1.54, 1.807) is 24.5 Å². The number of carbonyl (C=O) groups is 1. The van der Waals surface area contributed by atoms with E-state index in [2.05, 4.69) is 20.1 Å². The van der Waals surface area contributed by atoms with Gasteiger partial charge in [0.1, 0.15) is 6.04 Å². The second-order valence-corrected chi connectivity index (χ2v) is 11.1. The Kier molecular flexibility index (Phi) is 9.32. The molecule has 1 fully saturated rings. The van der Waals surface area contributed by atoms with Crippen molar-refractivity contribution in [1.29, 1.82) is 0 Å². The summed E-state index contributed by atoms with van der Waals surface area (Å²) in [4.78, 5) is 21.5. The van der Waals surface area contributed by atoms with Crippen LogP contribution in [0.15, 0.2) is 73.1 Å². The third-order valence-electron chi connectivity index (χ3n) is 7.73. The smallest absolute Gasteiger partial charge is 0.353 e. The summed E-state index contributed by atoms with van der Waals surface area (Å²) in [6, 6.07) is 15.2. The number of alkyl halides is 6. The van der Waals surface area contributed by atoms with Crippen molar-refractivity contribution in [1.82, 2.24) is 20.1 Å². The molecule has 2 aromatic carbocycles. The number of amides is 1. The lowest BCUT2D eigenvalue weighted by Crippen LogP contribution is -2.59. The fraction of sp³-hybridized carbons (Fsp3) is 0.419. The molecule has 3 aromatic rings. The van der Waals surface area contributed by atoms with Gasteiger partial charge in [-0.15, -0.1) is 0 Å². The molecule has 5 nitrogen and oxygen atoms in total. The minimum atomic E-state index is -5.49. The van der Waals surface area contributed by atoms with Gasteiger partial charge >= 0.3 is 12.4 Å². The Morgan fingerprint density at radius 3 is 1.88 bits per heavy atom. The lowest BCUT2D eigenvalue weighted by atomic mass is 9.80. The predicted octanol–water partition coefficient (Wildman–Crippen LogP) is 6.34. The Bertz CT molecular complexity index is 1310. The minimum Gasteiger partial charge on any atom is -0.353 e. The lowest BCUT2D eigenvalue weighted by molar-refractivity contribution is -0.297. The van der Waals surface area contributed by atoms with Crippen LogP contribution in [0.2, 0.25) is 0 Å². The highest BCUT2D eigenvalue weighted by Gasteiger charge is 2.68. The first-order chi connectivity index (χ1) is 19.7. The van der Waals surface area contributed by atoms with Crippen molar-refractivity contribution in [2.45, 2.75) is 63.7 Å². The number of pyridine rings is 1. The third-order valence-corrected chi connectivity index (χ3v) is 7.73. The molecule has 1 atom stereocenters. The summed E-state index contributed by atoms with van der Waals surface area (Å²) in [5.41, 5.74) is -1.60. The van der Waals surface area contributed by atoms with Gasteiger partial charge in [0.2, 0.25) is 5.91 Å². The van der Waals surface area contributed by atoms with Crippen molar-refractivity contribution < 1.29 is 31.1 Å². The van der Waals surface area contributed by atoms with Crippen molar-refractivity contribution >= 4 is 5.91 Å². The Balaban J connectivity index is 1.45. The molecular formula is C31H34F6N4O. The number of carbonyl (C=O) groups excluding carboxylic acids is 1. The van der Waals surface area contributed by atoms with Crippen LogP contribution < -0.4 is 5.32 Å². The van der Waals surface area contributed by atoms with E-state index in [9.17, 15) is 31.1 Å². The van der Waals surface area contributed by atoms with Crippen LogP contribution in [-0.4, -0.2) is 64.8 Å². The number of piperazine rings is 1. The van der Waals surface area contributed by atoms with Crippen LogP contribution >= 0.6 is 0 Å². The van der Waals surface area contributed by atoms with E-state index in [0.717, 1.165) is 29.8 Å². The summed E-state index contributed by atoms with van der Waals surface area (Å²) >= 11 is 0. The van der Waals surface area contributed by atoms with E-state index < -0.39 is 23.3 Å². The van der Waals surface area contributed by atoms with Crippen LogP contribution in [0.4, 0.5) is 26.3 Å². The summed E-state index contributed by atoms with van der Waals surface area (Å²) in [5, 5.41) is 3.02. The molecule has 1 aliphatic heterocycles. The number of hydrogen-bond acceptors (Lipinski definition) is 4. The zero-order chi connectivity index (χ0) is 30.7. The minimum absolute atomic E-state index is 0.00734. The topological polar surface area (TPSA) is 48.5 Å². The lowest BCUT2D eigenvalue weighted by Gasteiger charge is -2.41. The first kappa shape index (κ1) is 31.5. The molecule has 0 spiro atoms. The molecule has 11 heteroatoms. The Hall–Kier alpha value is -3.44. The van der Waals surface area contributed by atoms with Gasteiger partial charge < -0.3 is 5.32 Å². The summed E-state index contributed by atoms with van der Waals surface area (Å²) in [5.74, 6) is -0.0327. The number of nitrogens with one attached hydrogen (secondary N) is 1. The molecule has 1 unspecified atom stereocenters. The molecule has 1 amide bonds. The van der Waals surface area contributed by atoms with Gasteiger partial charge in [0.05, 0.1) is 0 Å². The average molecular weight is 593 g/mol. The van der Waals surface area contributed by atoms with Crippen molar-refractivity contribution in [2.24, 2.45) is 0 Å². The van der Waals surface area contributed by atoms with Crippen molar-refractivity contribution in [3.8, 4) is 11.1 Å². The van der Waals surface area contributed by atoms with Crippen LogP contribution in [0, 0.1) is 0 Å². The number of aromatic nitrogens is 1. The van der Waals surface area contributed by atoms with Gasteiger partial charge in [-0.1, -0.05) is 48.5 Å². The van der Waals surface area contributed by atoms with Crippen LogP contribution in [-0.2, 0) is 23.3 Å². The highest BCUT2D eigenvalue weighted by molar-refractivity contribution is 5.82. The standard InChI is InChI=1S/C31H34F6N4O/c1-21(2)39-28(42)27-20-40(16-17-41(27)19-23-12-14-38-15-13-23)18-22-4-6-24(7-5-22)25-8-10-26(11-9-25)29(3,30(32,33)34)31(35,36)37/h4-15,21,27H,16-20H2,1-3H3,(H,39,42). The average Bonchev–Trinajstić information content (AvgIpc) is 2.93. The number of halogens is 6. The molecule has 1 aliphatic rings. The van der Waals surface area contributed by atoms with E-state index in [4.69, 9.17) is 0 Å². The highest BCUT2D eigenvalue weighted by Crippen LogP contribution is 2.51. The number of rotatable bonds is 8. The molecular weight excluding hydrogens is 558 g/mol. The monoisotopic (exact) mass is 592 g/mol. The maximum absolute atomic E-state index is 13.4. The summed E-state index contributed by atoms with van der Waals surface area (Å²) in [6.07, 6.45) is -7.52. The Labute approximate surface area is 241 Å². The van der Waals surface area contributed by atoms with E-state index in [1.807, 2.05) is 38.1 Å². The molecule has 0 saturated carbocycles. The maximum Gasteiger partial charge on any atom is 0.406 e. The normalized spacial score (nSPS) is 17.4. The molecule has 4 rings (SSSR count). The van der Waals surface area contributed by atoms with Gasteiger partial charge in [-0.25, -0.2) is 0 Å². The van der Waals surface area contributed by atoms with E-state index in [0.29, 0.717) is 37.3 Å². The molecule has 226 valence electrons. The summed E-state index contributed by atoms with van der Waals surface area (Å²) < 4.78 is 80.6. The second-order valence-electron chi connectivity index (χ2n) is 11.1. The quantitative estimate of drug-likeness (QED) is 0.310. The Morgan fingerprint density at radius 2 is 1.36 bits per heavy atom. The van der Waals surface area contributed by atoms with Crippen molar-refractivity contribution in [2.75, 3.05) is 19.6 Å². The summed E-state index contributed by atoms with van der Waals surface area (Å²) in [7, 11) is 0. The fourth-order valence-corrected chi connectivity index (χ4v) is 5.11. The SMILES string of the molecule is CC(C)NC(=O)C1CN(Cc2ccc(-c3ccc(C(C)(C(F)(F)F)C(F)(F)F)cc3)cc2)CCN1Cc1ccncc1. The van der Waals surface area contributed by atoms with E-state index in [1.165, 1.54) is 12.1 Å². The van der Waals surface area contributed by atoms with Gasteiger partial charge in [0.15, 0.2) is 5.41 Å². The largest absolute Gasteiger partial charge is 0.406 e. The number of nitrogens with zero attached hydrogens (tertiary/aromatic N) is 3. The molecule has 0 bridgehead atoms. The predicted molar refractivity (Wildman–Crippen MR) is 148 cm³/mol. The van der Waals surface area contributed by atoms with Crippen LogP contribution in [0.5, 0.6) is 0 Å². The van der Waals surface area contributed by atoms with Crippen LogP contribution in [0.3, 0.4) is 0 Å². The van der Waals surface area contributed by atoms with Gasteiger partial charge in [-0.2, -0.15) is 26.3 Å². The summed E-state index contributed by atoms with van der Waals surface area (Å²) in [6.45, 7) is 7.19. The van der Waals surface area contributed by atoms with Gasteiger partial charge in [0, 0.05) is 51.2 Å². The van der Waals surface area contributed by atoms with Crippen molar-refractivity contribution in [3.63, 3.8) is 0 Å². The van der Waals surface area contributed by atoms with Gasteiger partial charge in [0.25, 0.3) is 0 Å². The maximum atomic E-state index is 13.4. The van der Waals surface area contributed by atoms with Crippen LogP contribution in [0.1, 0.15) is 37.5 Å². The molecule has 0 aliphatic carbocycles.